The number of benzene rings is 1. The van der Waals surface area contributed by atoms with Gasteiger partial charge >= 0.3 is 5.97 Å². The number of carbonyl (C=O) groups is 1. The molecule has 0 saturated carbocycles. The molecule has 1 atom stereocenters. The molecule has 0 aliphatic carbocycles. The topological polar surface area (TPSA) is 63.1 Å². The summed E-state index contributed by atoms with van der Waals surface area (Å²) in [7, 11) is 0. The van der Waals surface area contributed by atoms with Crippen LogP contribution in [0.3, 0.4) is 0 Å². The standard InChI is InChI=1S/C14H12Cl2N2O2/c1-2-8(14(19)20)9-3-4-10(13(16)12(9)15)11-7-17-5-6-18-11/h3-8H,2H2,1H3,(H,19,20). The van der Waals surface area contributed by atoms with Gasteiger partial charge in [-0.15, -0.1) is 0 Å². The summed E-state index contributed by atoms with van der Waals surface area (Å²) in [5.74, 6) is -1.59. The molecule has 20 heavy (non-hydrogen) atoms. The van der Waals surface area contributed by atoms with E-state index in [1.807, 2.05) is 0 Å². The number of hydrogen-bond donors (Lipinski definition) is 1. The third kappa shape index (κ3) is 2.76. The molecule has 0 bridgehead atoms. The second kappa shape index (κ2) is 6.20. The van der Waals surface area contributed by atoms with E-state index in [1.165, 1.54) is 0 Å². The molecule has 1 aromatic heterocycles. The minimum Gasteiger partial charge on any atom is -0.481 e. The van der Waals surface area contributed by atoms with Crippen LogP contribution in [0.1, 0.15) is 24.8 Å². The van der Waals surface area contributed by atoms with Crippen molar-refractivity contribution < 1.29 is 9.90 Å². The van der Waals surface area contributed by atoms with Gasteiger partial charge in [-0.05, 0) is 12.0 Å². The van der Waals surface area contributed by atoms with E-state index in [9.17, 15) is 9.90 Å². The van der Waals surface area contributed by atoms with Gasteiger partial charge in [-0.2, -0.15) is 0 Å². The van der Waals surface area contributed by atoms with Crippen LogP contribution < -0.4 is 0 Å². The number of aromatic nitrogens is 2. The van der Waals surface area contributed by atoms with Crippen LogP contribution in [0.4, 0.5) is 0 Å². The fraction of sp³-hybridized carbons (Fsp3) is 0.214. The zero-order valence-electron chi connectivity index (χ0n) is 10.7. The molecule has 0 aliphatic heterocycles. The van der Waals surface area contributed by atoms with E-state index >= 15 is 0 Å². The zero-order chi connectivity index (χ0) is 14.7. The van der Waals surface area contributed by atoms with Crippen molar-refractivity contribution in [3.8, 4) is 11.3 Å². The Balaban J connectivity index is 2.52. The largest absolute Gasteiger partial charge is 0.481 e. The minimum absolute atomic E-state index is 0.254. The average Bonchev–Trinajstić information content (AvgIpc) is 2.45. The Morgan fingerprint density at radius 1 is 1.30 bits per heavy atom. The first-order valence-corrected chi connectivity index (χ1v) is 6.79. The fourth-order valence-corrected chi connectivity index (χ4v) is 2.56. The molecule has 1 heterocycles. The molecule has 1 N–H and O–H groups in total. The highest BCUT2D eigenvalue weighted by molar-refractivity contribution is 6.44. The monoisotopic (exact) mass is 310 g/mol. The molecule has 0 saturated heterocycles. The van der Waals surface area contributed by atoms with Crippen LogP contribution in [0.5, 0.6) is 0 Å². The molecule has 0 fully saturated rings. The normalized spacial score (nSPS) is 12.2. The summed E-state index contributed by atoms with van der Waals surface area (Å²) < 4.78 is 0. The predicted octanol–water partition coefficient (Wildman–Crippen LogP) is 4.03. The molecular weight excluding hydrogens is 299 g/mol. The van der Waals surface area contributed by atoms with Crippen LogP contribution in [0.2, 0.25) is 10.0 Å². The van der Waals surface area contributed by atoms with Gasteiger partial charge in [0.2, 0.25) is 0 Å². The van der Waals surface area contributed by atoms with Gasteiger partial charge in [-0.3, -0.25) is 14.8 Å². The number of halogens is 2. The van der Waals surface area contributed by atoms with E-state index in [0.29, 0.717) is 28.3 Å². The highest BCUT2D eigenvalue weighted by Gasteiger charge is 2.23. The van der Waals surface area contributed by atoms with Crippen molar-refractivity contribution in [1.82, 2.24) is 9.97 Å². The number of aliphatic carboxylic acids is 1. The van der Waals surface area contributed by atoms with E-state index in [0.717, 1.165) is 0 Å². The van der Waals surface area contributed by atoms with Crippen LogP contribution in [0.25, 0.3) is 11.3 Å². The Morgan fingerprint density at radius 2 is 2.05 bits per heavy atom. The molecule has 6 heteroatoms. The molecule has 4 nitrogen and oxygen atoms in total. The molecule has 104 valence electrons. The van der Waals surface area contributed by atoms with Gasteiger partial charge in [-0.25, -0.2) is 0 Å². The van der Waals surface area contributed by atoms with Crippen LogP contribution >= 0.6 is 23.2 Å². The first-order valence-electron chi connectivity index (χ1n) is 6.03. The van der Waals surface area contributed by atoms with Crippen molar-refractivity contribution in [2.24, 2.45) is 0 Å². The maximum atomic E-state index is 11.2. The minimum atomic E-state index is -0.919. The maximum absolute atomic E-state index is 11.2. The van der Waals surface area contributed by atoms with E-state index in [1.54, 1.807) is 37.6 Å². The third-order valence-corrected chi connectivity index (χ3v) is 3.93. The number of hydrogen-bond acceptors (Lipinski definition) is 3. The summed E-state index contributed by atoms with van der Waals surface area (Å²) in [5.41, 5.74) is 1.74. The maximum Gasteiger partial charge on any atom is 0.311 e. The molecule has 2 rings (SSSR count). The summed E-state index contributed by atoms with van der Waals surface area (Å²) >= 11 is 12.5. The lowest BCUT2D eigenvalue weighted by Crippen LogP contribution is -2.11. The van der Waals surface area contributed by atoms with Gasteiger partial charge in [0.1, 0.15) is 0 Å². The Morgan fingerprint density at radius 3 is 2.60 bits per heavy atom. The highest BCUT2D eigenvalue weighted by atomic mass is 35.5. The van der Waals surface area contributed by atoms with Crippen molar-refractivity contribution in [2.75, 3.05) is 0 Å². The predicted molar refractivity (Wildman–Crippen MR) is 78.2 cm³/mol. The lowest BCUT2D eigenvalue weighted by Gasteiger charge is -2.15. The molecule has 0 spiro atoms. The van der Waals surface area contributed by atoms with Crippen LogP contribution in [-0.2, 0) is 4.79 Å². The molecule has 1 aromatic carbocycles. The summed E-state index contributed by atoms with van der Waals surface area (Å²) in [6.45, 7) is 1.79. The van der Waals surface area contributed by atoms with E-state index in [4.69, 9.17) is 23.2 Å². The summed E-state index contributed by atoms with van der Waals surface area (Å²) in [5, 5.41) is 9.75. The molecule has 0 radical (unpaired) electrons. The fourth-order valence-electron chi connectivity index (χ4n) is 2.00. The highest BCUT2D eigenvalue weighted by Crippen LogP contribution is 2.38. The second-order valence-corrected chi connectivity index (χ2v) is 4.98. The smallest absolute Gasteiger partial charge is 0.311 e. The summed E-state index contributed by atoms with van der Waals surface area (Å²) in [4.78, 5) is 19.4. The Hall–Kier alpha value is -1.65. The molecule has 2 aromatic rings. The lowest BCUT2D eigenvalue weighted by atomic mass is 9.95. The Bertz CT molecular complexity index is 633. The number of rotatable bonds is 4. The van der Waals surface area contributed by atoms with Gasteiger partial charge in [-0.1, -0.05) is 42.3 Å². The zero-order valence-corrected chi connectivity index (χ0v) is 12.2. The van der Waals surface area contributed by atoms with Gasteiger partial charge in [0.25, 0.3) is 0 Å². The number of carboxylic acid groups (broad SMARTS) is 1. The van der Waals surface area contributed by atoms with Crippen LogP contribution in [0, 0.1) is 0 Å². The van der Waals surface area contributed by atoms with E-state index < -0.39 is 11.9 Å². The van der Waals surface area contributed by atoms with E-state index in [-0.39, 0.29) is 5.02 Å². The first-order chi connectivity index (χ1) is 9.56. The van der Waals surface area contributed by atoms with Gasteiger partial charge < -0.3 is 5.11 Å². The van der Waals surface area contributed by atoms with Crippen LogP contribution in [-0.4, -0.2) is 21.0 Å². The third-order valence-electron chi connectivity index (χ3n) is 3.03. The number of carboxylic acids is 1. The molecule has 0 aliphatic rings. The SMILES string of the molecule is CCC(C(=O)O)c1ccc(-c2cnccn2)c(Cl)c1Cl. The molecule has 0 amide bonds. The first kappa shape index (κ1) is 14.8. The van der Waals surface area contributed by atoms with E-state index in [2.05, 4.69) is 9.97 Å². The van der Waals surface area contributed by atoms with Crippen LogP contribution in [0.15, 0.2) is 30.7 Å². The number of nitrogens with zero attached hydrogens (tertiary/aromatic N) is 2. The lowest BCUT2D eigenvalue weighted by molar-refractivity contribution is -0.138. The van der Waals surface area contributed by atoms with Gasteiger partial charge in [0, 0.05) is 18.0 Å². The van der Waals surface area contributed by atoms with Crippen molar-refractivity contribution >= 4 is 29.2 Å². The quantitative estimate of drug-likeness (QED) is 0.926. The molecule has 1 unspecified atom stereocenters. The Kier molecular flexibility index (Phi) is 4.57. The second-order valence-electron chi connectivity index (χ2n) is 4.22. The van der Waals surface area contributed by atoms with Crippen molar-refractivity contribution in [3.63, 3.8) is 0 Å². The average molecular weight is 311 g/mol. The summed E-state index contributed by atoms with van der Waals surface area (Å²) in [6.07, 6.45) is 5.13. The van der Waals surface area contributed by atoms with Crippen molar-refractivity contribution in [1.29, 1.82) is 0 Å². The van der Waals surface area contributed by atoms with Gasteiger partial charge in [0.15, 0.2) is 0 Å². The summed E-state index contributed by atoms with van der Waals surface area (Å²) in [6, 6.07) is 3.40. The van der Waals surface area contributed by atoms with Gasteiger partial charge in [0.05, 0.1) is 27.9 Å². The van der Waals surface area contributed by atoms with Crippen molar-refractivity contribution in [2.45, 2.75) is 19.3 Å². The molecular formula is C14H12Cl2N2O2. The van der Waals surface area contributed by atoms with Crippen molar-refractivity contribution in [3.05, 3.63) is 46.3 Å². The Labute approximate surface area is 126 Å².